The van der Waals surface area contributed by atoms with Gasteiger partial charge in [0.05, 0.1) is 6.61 Å². The maximum atomic E-state index is 11.6. The number of thiol groups is 1. The minimum atomic E-state index is -1.01. The number of thioether (sulfide) groups is 1. The van der Waals surface area contributed by atoms with Crippen molar-refractivity contribution in [3.63, 3.8) is 0 Å². The lowest BCUT2D eigenvalue weighted by Gasteiger charge is -2.24. The summed E-state index contributed by atoms with van der Waals surface area (Å²) in [6, 6.07) is -0.716. The van der Waals surface area contributed by atoms with Gasteiger partial charge < -0.3 is 9.84 Å². The van der Waals surface area contributed by atoms with Crippen LogP contribution in [0.3, 0.4) is 0 Å². The Kier molecular flexibility index (Phi) is 4.30. The molecule has 0 aromatic rings. The highest BCUT2D eigenvalue weighted by atomic mass is 32.2. The minimum Gasteiger partial charge on any atom is -0.480 e. The van der Waals surface area contributed by atoms with E-state index in [-0.39, 0.29) is 12.4 Å². The maximum Gasteiger partial charge on any atom is 0.337 e. The highest BCUT2D eigenvalue weighted by Gasteiger charge is 2.48. The van der Waals surface area contributed by atoms with Crippen molar-refractivity contribution < 1.29 is 19.4 Å². The summed E-state index contributed by atoms with van der Waals surface area (Å²) in [7, 11) is 0. The normalized spacial score (nSPS) is 30.1. The van der Waals surface area contributed by atoms with Gasteiger partial charge in [0.1, 0.15) is 6.04 Å². The zero-order valence-electron chi connectivity index (χ0n) is 8.23. The van der Waals surface area contributed by atoms with E-state index in [1.165, 1.54) is 11.8 Å². The third kappa shape index (κ3) is 2.59. The fourth-order valence-corrected chi connectivity index (χ4v) is 2.91. The molecule has 2 N–H and O–H groups in total. The SMILES string of the molecule is CCOC(=O)C1(CS)N[C@H](C(=O)O)CS1. The number of nitrogens with one attached hydrogen (secondary N) is 1. The molecule has 0 aliphatic carbocycles. The molecule has 1 aliphatic rings. The first kappa shape index (κ1) is 12.7. The quantitative estimate of drug-likeness (QED) is 0.481. The van der Waals surface area contributed by atoms with E-state index in [9.17, 15) is 9.59 Å². The number of carbonyl (C=O) groups is 2. The second-order valence-electron chi connectivity index (χ2n) is 3.05. The number of ether oxygens (including phenoxy) is 1. The number of hydrogen-bond acceptors (Lipinski definition) is 6. The van der Waals surface area contributed by atoms with Crippen LogP contribution < -0.4 is 5.32 Å². The second kappa shape index (κ2) is 5.09. The van der Waals surface area contributed by atoms with Gasteiger partial charge in [-0.2, -0.15) is 12.6 Å². The Bertz CT molecular complexity index is 273. The van der Waals surface area contributed by atoms with Gasteiger partial charge in [0, 0.05) is 11.5 Å². The number of hydrogen-bond donors (Lipinski definition) is 3. The lowest BCUT2D eigenvalue weighted by atomic mass is 10.2. The van der Waals surface area contributed by atoms with Crippen LogP contribution in [0.15, 0.2) is 0 Å². The minimum absolute atomic E-state index is 0.209. The van der Waals surface area contributed by atoms with Crippen LogP contribution in [0.25, 0.3) is 0 Å². The molecule has 1 saturated heterocycles. The second-order valence-corrected chi connectivity index (χ2v) is 4.69. The maximum absolute atomic E-state index is 11.6. The van der Waals surface area contributed by atoms with Crippen molar-refractivity contribution in [3.05, 3.63) is 0 Å². The molecule has 0 bridgehead atoms. The molecule has 1 aliphatic heterocycles. The molecular formula is C8H13NO4S2. The summed E-state index contributed by atoms with van der Waals surface area (Å²) in [6.45, 7) is 1.98. The van der Waals surface area contributed by atoms with Gasteiger partial charge in [-0.3, -0.25) is 10.1 Å². The largest absolute Gasteiger partial charge is 0.480 e. The molecule has 2 atom stereocenters. The van der Waals surface area contributed by atoms with E-state index < -0.39 is 22.9 Å². The monoisotopic (exact) mass is 251 g/mol. The summed E-state index contributed by atoms with van der Waals surface area (Å²) in [5.74, 6) is -0.862. The smallest absolute Gasteiger partial charge is 0.337 e. The topological polar surface area (TPSA) is 75.6 Å². The summed E-state index contributed by atoms with van der Waals surface area (Å²) in [6.07, 6.45) is 0. The number of rotatable bonds is 4. The zero-order valence-corrected chi connectivity index (χ0v) is 9.94. The molecule has 86 valence electrons. The molecule has 1 unspecified atom stereocenters. The lowest BCUT2D eigenvalue weighted by molar-refractivity contribution is -0.147. The molecule has 15 heavy (non-hydrogen) atoms. The van der Waals surface area contributed by atoms with Gasteiger partial charge in [0.2, 0.25) is 0 Å². The Hall–Kier alpha value is -0.400. The number of carboxylic acids is 1. The predicted molar refractivity (Wildman–Crippen MR) is 60.2 cm³/mol. The molecule has 0 spiro atoms. The summed E-state index contributed by atoms with van der Waals surface area (Å²) in [5, 5.41) is 11.6. The first-order valence-corrected chi connectivity index (χ1v) is 6.10. The van der Waals surface area contributed by atoms with Gasteiger partial charge in [0.15, 0.2) is 4.87 Å². The van der Waals surface area contributed by atoms with Crippen molar-refractivity contribution in [3.8, 4) is 0 Å². The van der Waals surface area contributed by atoms with Crippen LogP contribution in [0.2, 0.25) is 0 Å². The lowest BCUT2D eigenvalue weighted by Crippen LogP contribution is -2.52. The molecule has 5 nitrogen and oxygen atoms in total. The Morgan fingerprint density at radius 2 is 2.40 bits per heavy atom. The van der Waals surface area contributed by atoms with Gasteiger partial charge in [-0.25, -0.2) is 4.79 Å². The Labute approximate surface area is 97.3 Å². The van der Waals surface area contributed by atoms with Crippen LogP contribution in [-0.2, 0) is 14.3 Å². The van der Waals surface area contributed by atoms with E-state index in [1.807, 2.05) is 0 Å². The van der Waals surface area contributed by atoms with E-state index in [0.717, 1.165) is 0 Å². The third-order valence-electron chi connectivity index (χ3n) is 2.03. The molecule has 0 aromatic carbocycles. The van der Waals surface area contributed by atoms with Crippen LogP contribution in [0.4, 0.5) is 0 Å². The van der Waals surface area contributed by atoms with E-state index >= 15 is 0 Å². The number of aliphatic carboxylic acids is 1. The van der Waals surface area contributed by atoms with E-state index in [1.54, 1.807) is 6.92 Å². The molecule has 0 saturated carbocycles. The van der Waals surface area contributed by atoms with Crippen molar-refractivity contribution >= 4 is 36.3 Å². The molecule has 0 amide bonds. The highest BCUT2D eigenvalue weighted by molar-refractivity contribution is 8.02. The Morgan fingerprint density at radius 1 is 1.73 bits per heavy atom. The fraction of sp³-hybridized carbons (Fsp3) is 0.750. The average molecular weight is 251 g/mol. The molecule has 7 heteroatoms. The fourth-order valence-electron chi connectivity index (χ4n) is 1.24. The van der Waals surface area contributed by atoms with Gasteiger partial charge >= 0.3 is 11.9 Å². The number of carboxylic acid groups (broad SMARTS) is 1. The van der Waals surface area contributed by atoms with Crippen molar-refractivity contribution in [1.29, 1.82) is 0 Å². The average Bonchev–Trinajstić information content (AvgIpc) is 2.63. The van der Waals surface area contributed by atoms with E-state index in [0.29, 0.717) is 5.75 Å². The zero-order chi connectivity index (χ0) is 11.5. The molecule has 1 rings (SSSR count). The van der Waals surface area contributed by atoms with Gasteiger partial charge in [-0.15, -0.1) is 11.8 Å². The summed E-state index contributed by atoms with van der Waals surface area (Å²) in [5.41, 5.74) is 0. The van der Waals surface area contributed by atoms with Crippen molar-refractivity contribution in [1.82, 2.24) is 5.32 Å². The van der Waals surface area contributed by atoms with Crippen LogP contribution >= 0.6 is 24.4 Å². The summed E-state index contributed by atoms with van der Waals surface area (Å²) < 4.78 is 4.88. The molecule has 1 heterocycles. The summed E-state index contributed by atoms with van der Waals surface area (Å²) in [4.78, 5) is 21.3. The van der Waals surface area contributed by atoms with E-state index in [4.69, 9.17) is 9.84 Å². The van der Waals surface area contributed by atoms with Crippen molar-refractivity contribution in [2.75, 3.05) is 18.1 Å². The third-order valence-corrected chi connectivity index (χ3v) is 4.14. The van der Waals surface area contributed by atoms with Crippen LogP contribution in [0, 0.1) is 0 Å². The summed E-state index contributed by atoms with van der Waals surface area (Å²) >= 11 is 5.30. The molecule has 0 aromatic heterocycles. The van der Waals surface area contributed by atoms with Crippen LogP contribution in [-0.4, -0.2) is 46.1 Å². The Balaban J connectivity index is 2.72. The highest BCUT2D eigenvalue weighted by Crippen LogP contribution is 2.32. The van der Waals surface area contributed by atoms with Crippen molar-refractivity contribution in [2.24, 2.45) is 0 Å². The number of esters is 1. The van der Waals surface area contributed by atoms with Gasteiger partial charge in [-0.05, 0) is 6.92 Å². The molecule has 0 radical (unpaired) electrons. The predicted octanol–water partition coefficient (Wildman–Crippen LogP) is -0.0348. The molecule has 1 fully saturated rings. The van der Waals surface area contributed by atoms with E-state index in [2.05, 4.69) is 17.9 Å². The van der Waals surface area contributed by atoms with Crippen LogP contribution in [0.5, 0.6) is 0 Å². The standard InChI is InChI=1S/C8H13NO4S2/c1-2-13-7(12)8(4-14)9-5(3-15-8)6(10)11/h5,9,14H,2-4H2,1H3,(H,10,11)/t5-,8?/m0/s1. The first-order chi connectivity index (χ1) is 7.05. The molecular weight excluding hydrogens is 238 g/mol. The number of carbonyl (C=O) groups excluding carboxylic acids is 1. The first-order valence-electron chi connectivity index (χ1n) is 4.48. The van der Waals surface area contributed by atoms with Crippen LogP contribution in [0.1, 0.15) is 6.92 Å². The van der Waals surface area contributed by atoms with Gasteiger partial charge in [0.25, 0.3) is 0 Å². The van der Waals surface area contributed by atoms with Gasteiger partial charge in [-0.1, -0.05) is 0 Å². The Morgan fingerprint density at radius 3 is 2.80 bits per heavy atom. The van der Waals surface area contributed by atoms with Crippen molar-refractivity contribution in [2.45, 2.75) is 17.8 Å².